The van der Waals surface area contributed by atoms with Crippen molar-refractivity contribution in [1.82, 2.24) is 5.16 Å². The zero-order chi connectivity index (χ0) is 7.52. The van der Waals surface area contributed by atoms with E-state index in [1.165, 1.54) is 6.26 Å². The number of hydrogen-bond acceptors (Lipinski definition) is 4. The lowest BCUT2D eigenvalue weighted by Gasteiger charge is -2.04. The molecule has 1 aliphatic heterocycles. The van der Waals surface area contributed by atoms with Crippen LogP contribution in [0, 0.1) is 0 Å². The van der Waals surface area contributed by atoms with Gasteiger partial charge >= 0.3 is 0 Å². The van der Waals surface area contributed by atoms with Gasteiger partial charge in [-0.25, -0.2) is 0 Å². The standard InChI is InChI=1S/C7H7NO3/c1-2-9-5-10-4-6-3-8-11-7(1)6/h1-3H,4-5H2/b2-1-. The maximum atomic E-state index is 5.09. The van der Waals surface area contributed by atoms with E-state index in [0.29, 0.717) is 12.4 Å². The molecule has 0 radical (unpaired) electrons. The van der Waals surface area contributed by atoms with Gasteiger partial charge in [-0.15, -0.1) is 0 Å². The molecule has 0 saturated heterocycles. The number of fused-ring (bicyclic) bond motifs is 1. The zero-order valence-electron chi connectivity index (χ0n) is 5.82. The second-order valence-electron chi connectivity index (χ2n) is 2.15. The van der Waals surface area contributed by atoms with Crippen LogP contribution in [0.1, 0.15) is 11.3 Å². The molecule has 11 heavy (non-hydrogen) atoms. The third-order valence-electron chi connectivity index (χ3n) is 1.40. The van der Waals surface area contributed by atoms with Gasteiger partial charge in [-0.05, 0) is 0 Å². The molecule has 0 fully saturated rings. The molecule has 0 aliphatic carbocycles. The van der Waals surface area contributed by atoms with Crippen LogP contribution in [-0.4, -0.2) is 11.9 Å². The van der Waals surface area contributed by atoms with Gasteiger partial charge in [0.1, 0.15) is 0 Å². The van der Waals surface area contributed by atoms with Crippen LogP contribution >= 0.6 is 0 Å². The fraction of sp³-hybridized carbons (Fsp3) is 0.286. The third-order valence-corrected chi connectivity index (χ3v) is 1.40. The number of aromatic nitrogens is 1. The molecule has 0 aromatic carbocycles. The summed E-state index contributed by atoms with van der Waals surface area (Å²) in [7, 11) is 0. The molecular weight excluding hydrogens is 146 g/mol. The molecule has 4 heteroatoms. The lowest BCUT2D eigenvalue weighted by atomic mass is 10.3. The Morgan fingerprint density at radius 2 is 2.45 bits per heavy atom. The molecule has 0 atom stereocenters. The largest absolute Gasteiger partial charge is 0.475 e. The van der Waals surface area contributed by atoms with E-state index >= 15 is 0 Å². The quantitative estimate of drug-likeness (QED) is 0.560. The molecule has 0 spiro atoms. The molecular formula is C7H7NO3. The van der Waals surface area contributed by atoms with Crippen molar-refractivity contribution in [2.24, 2.45) is 0 Å². The molecule has 1 aliphatic rings. The van der Waals surface area contributed by atoms with E-state index in [-0.39, 0.29) is 6.79 Å². The van der Waals surface area contributed by atoms with Crippen molar-refractivity contribution in [1.29, 1.82) is 0 Å². The second kappa shape index (κ2) is 2.75. The van der Waals surface area contributed by atoms with E-state index in [1.54, 1.807) is 12.3 Å². The lowest BCUT2D eigenvalue weighted by molar-refractivity contribution is -0.0216. The van der Waals surface area contributed by atoms with Gasteiger partial charge in [0.25, 0.3) is 0 Å². The van der Waals surface area contributed by atoms with Gasteiger partial charge in [-0.2, -0.15) is 0 Å². The zero-order valence-corrected chi connectivity index (χ0v) is 5.82. The Morgan fingerprint density at radius 1 is 1.45 bits per heavy atom. The van der Waals surface area contributed by atoms with Crippen molar-refractivity contribution < 1.29 is 14.0 Å². The highest BCUT2D eigenvalue weighted by Crippen LogP contribution is 2.12. The van der Waals surface area contributed by atoms with E-state index < -0.39 is 0 Å². The molecule has 2 heterocycles. The van der Waals surface area contributed by atoms with E-state index in [0.717, 1.165) is 5.56 Å². The lowest BCUT2D eigenvalue weighted by Crippen LogP contribution is -1.98. The smallest absolute Gasteiger partial charge is 0.188 e. The van der Waals surface area contributed by atoms with Crippen molar-refractivity contribution in [3.8, 4) is 0 Å². The molecule has 0 N–H and O–H groups in total. The molecule has 1 aromatic rings. The summed E-state index contributed by atoms with van der Waals surface area (Å²) in [6.45, 7) is 0.768. The summed E-state index contributed by atoms with van der Waals surface area (Å²) in [5.41, 5.74) is 0.949. The summed E-state index contributed by atoms with van der Waals surface area (Å²) in [4.78, 5) is 0. The first-order chi connectivity index (χ1) is 5.47. The minimum Gasteiger partial charge on any atom is -0.475 e. The first-order valence-corrected chi connectivity index (χ1v) is 3.26. The Morgan fingerprint density at radius 3 is 3.45 bits per heavy atom. The van der Waals surface area contributed by atoms with Crippen LogP contribution in [0.4, 0.5) is 0 Å². The highest BCUT2D eigenvalue weighted by atomic mass is 16.7. The molecule has 4 nitrogen and oxygen atoms in total. The van der Waals surface area contributed by atoms with Gasteiger partial charge in [0, 0.05) is 11.6 Å². The Bertz CT molecular complexity index is 266. The predicted octanol–water partition coefficient (Wildman–Crippen LogP) is 1.15. The average molecular weight is 153 g/mol. The van der Waals surface area contributed by atoms with Crippen molar-refractivity contribution in [3.63, 3.8) is 0 Å². The molecule has 0 saturated carbocycles. The van der Waals surface area contributed by atoms with Gasteiger partial charge in [-0.1, -0.05) is 5.16 Å². The van der Waals surface area contributed by atoms with Gasteiger partial charge in [-0.3, -0.25) is 0 Å². The predicted molar refractivity (Wildman–Crippen MR) is 36.3 cm³/mol. The van der Waals surface area contributed by atoms with Crippen LogP contribution in [-0.2, 0) is 16.1 Å². The third kappa shape index (κ3) is 1.25. The van der Waals surface area contributed by atoms with Crippen LogP contribution < -0.4 is 0 Å². The SMILES string of the molecule is C1=C\c2oncc2COCO/1. The van der Waals surface area contributed by atoms with Crippen molar-refractivity contribution in [2.75, 3.05) is 6.79 Å². The summed E-state index contributed by atoms with van der Waals surface area (Å²) in [6.07, 6.45) is 4.90. The minimum atomic E-state index is 0.279. The molecule has 2 rings (SSSR count). The van der Waals surface area contributed by atoms with E-state index in [2.05, 4.69) is 5.16 Å². The van der Waals surface area contributed by atoms with E-state index in [4.69, 9.17) is 14.0 Å². The molecule has 0 amide bonds. The summed E-state index contributed by atoms with van der Waals surface area (Å²) >= 11 is 0. The Balaban J connectivity index is 2.31. The fourth-order valence-corrected chi connectivity index (χ4v) is 0.864. The van der Waals surface area contributed by atoms with E-state index in [1.807, 2.05) is 0 Å². The maximum absolute atomic E-state index is 5.09. The fourth-order valence-electron chi connectivity index (χ4n) is 0.864. The van der Waals surface area contributed by atoms with Gasteiger partial charge < -0.3 is 14.0 Å². The van der Waals surface area contributed by atoms with Gasteiger partial charge in [0.15, 0.2) is 12.6 Å². The topological polar surface area (TPSA) is 44.5 Å². The molecule has 58 valence electrons. The minimum absolute atomic E-state index is 0.279. The van der Waals surface area contributed by atoms with Gasteiger partial charge in [0.05, 0.1) is 19.1 Å². The monoisotopic (exact) mass is 153 g/mol. The number of rotatable bonds is 0. The maximum Gasteiger partial charge on any atom is 0.188 e. The first-order valence-electron chi connectivity index (χ1n) is 3.26. The van der Waals surface area contributed by atoms with Crippen molar-refractivity contribution in [2.45, 2.75) is 6.61 Å². The second-order valence-corrected chi connectivity index (χ2v) is 2.15. The summed E-state index contributed by atoms with van der Waals surface area (Å²) in [5.74, 6) is 0.699. The van der Waals surface area contributed by atoms with Crippen LogP contribution in [0.3, 0.4) is 0 Å². The number of hydrogen-bond donors (Lipinski definition) is 0. The Kier molecular flexibility index (Phi) is 1.61. The van der Waals surface area contributed by atoms with Crippen LogP contribution in [0.5, 0.6) is 0 Å². The summed E-state index contributed by atoms with van der Waals surface area (Å²) in [6, 6.07) is 0. The normalized spacial score (nSPS) is 19.3. The van der Waals surface area contributed by atoms with E-state index in [9.17, 15) is 0 Å². The number of nitrogens with zero attached hydrogens (tertiary/aromatic N) is 1. The average Bonchev–Trinajstić information content (AvgIpc) is 2.35. The van der Waals surface area contributed by atoms with Crippen LogP contribution in [0.2, 0.25) is 0 Å². The number of ether oxygens (including phenoxy) is 2. The van der Waals surface area contributed by atoms with Gasteiger partial charge in [0.2, 0.25) is 0 Å². The van der Waals surface area contributed by atoms with Crippen LogP contribution in [0.15, 0.2) is 17.0 Å². The summed E-state index contributed by atoms with van der Waals surface area (Å²) < 4.78 is 14.9. The van der Waals surface area contributed by atoms with Crippen molar-refractivity contribution >= 4 is 6.08 Å². The first kappa shape index (κ1) is 6.42. The molecule has 0 bridgehead atoms. The molecule has 0 unspecified atom stereocenters. The summed E-state index contributed by atoms with van der Waals surface area (Å²) in [5, 5.41) is 3.63. The molecule has 1 aromatic heterocycles. The van der Waals surface area contributed by atoms with Crippen LogP contribution in [0.25, 0.3) is 6.08 Å². The Hall–Kier alpha value is -1.29. The van der Waals surface area contributed by atoms with Crippen molar-refractivity contribution in [3.05, 3.63) is 23.8 Å². The highest BCUT2D eigenvalue weighted by Gasteiger charge is 2.06. The Labute approximate surface area is 63.4 Å². The highest BCUT2D eigenvalue weighted by molar-refractivity contribution is 5.45.